The summed E-state index contributed by atoms with van der Waals surface area (Å²) < 4.78 is 12.4. The minimum absolute atomic E-state index is 0.386. The zero-order chi connectivity index (χ0) is 23.2. The second-order valence-corrected chi connectivity index (χ2v) is 9.95. The molecular formula is C24H28BClN2O3. The highest BCUT2D eigenvalue weighted by molar-refractivity contribution is 6.62. The largest absolute Gasteiger partial charge is 0.494 e. The molecule has 1 saturated heterocycles. The summed E-state index contributed by atoms with van der Waals surface area (Å²) in [6.07, 6.45) is 0.944. The minimum atomic E-state index is -0.736. The monoisotopic (exact) mass is 438 g/mol. The second kappa shape index (κ2) is 7.98. The average molecular weight is 439 g/mol. The number of aldehydes is 1. The van der Waals surface area contributed by atoms with Crippen molar-refractivity contribution in [2.24, 2.45) is 0 Å². The van der Waals surface area contributed by atoms with Crippen molar-refractivity contribution in [1.29, 1.82) is 5.26 Å². The van der Waals surface area contributed by atoms with E-state index in [1.807, 2.05) is 77.8 Å². The Morgan fingerprint density at radius 3 is 2.23 bits per heavy atom. The summed E-state index contributed by atoms with van der Waals surface area (Å²) in [7, 11) is 1.39. The van der Waals surface area contributed by atoms with Gasteiger partial charge in [-0.2, -0.15) is 5.26 Å². The third kappa shape index (κ3) is 4.23. The number of carbonyl (C=O) groups excluding carboxylic acids is 1. The van der Waals surface area contributed by atoms with E-state index in [9.17, 15) is 4.79 Å². The summed E-state index contributed by atoms with van der Waals surface area (Å²) >= 11 is 6.24. The van der Waals surface area contributed by atoms with Crippen LogP contribution in [-0.2, 0) is 19.5 Å². The molecule has 0 spiro atoms. The molecular weight excluding hydrogens is 411 g/mol. The summed E-state index contributed by atoms with van der Waals surface area (Å²) in [6, 6.07) is 13.3. The van der Waals surface area contributed by atoms with Crippen molar-refractivity contribution in [2.45, 2.75) is 58.2 Å². The molecule has 0 bridgehead atoms. The van der Waals surface area contributed by atoms with Gasteiger partial charge >= 0.3 is 7.12 Å². The lowest BCUT2D eigenvalue weighted by Gasteiger charge is -2.32. The molecule has 0 aromatic heterocycles. The summed E-state index contributed by atoms with van der Waals surface area (Å²) in [5, 5.41) is 9.53. The van der Waals surface area contributed by atoms with E-state index in [0.717, 1.165) is 28.7 Å². The summed E-state index contributed by atoms with van der Waals surface area (Å²) in [6.45, 7) is 11.8. The molecule has 1 heterocycles. The van der Waals surface area contributed by atoms with Crippen LogP contribution in [0.4, 0.5) is 11.4 Å². The molecule has 0 amide bonds. The zero-order valence-corrected chi connectivity index (χ0v) is 19.9. The number of rotatable bonds is 5. The summed E-state index contributed by atoms with van der Waals surface area (Å²) in [4.78, 5) is 13.9. The third-order valence-electron chi connectivity index (χ3n) is 6.36. The fraction of sp³-hybridized carbons (Fsp3) is 0.417. The number of halogens is 1. The van der Waals surface area contributed by atoms with Gasteiger partial charge in [0.2, 0.25) is 0 Å². The van der Waals surface area contributed by atoms with E-state index in [2.05, 4.69) is 6.07 Å². The lowest BCUT2D eigenvalue weighted by atomic mass is 9.74. The maximum absolute atomic E-state index is 12.0. The van der Waals surface area contributed by atoms with E-state index in [4.69, 9.17) is 26.2 Å². The van der Waals surface area contributed by atoms with Gasteiger partial charge in [0.25, 0.3) is 0 Å². The molecule has 0 atom stereocenters. The summed E-state index contributed by atoms with van der Waals surface area (Å²) in [5.41, 5.74) is 2.16. The topological polar surface area (TPSA) is 62.6 Å². The van der Waals surface area contributed by atoms with Crippen molar-refractivity contribution in [3.63, 3.8) is 0 Å². The van der Waals surface area contributed by atoms with Gasteiger partial charge in [-0.25, -0.2) is 0 Å². The van der Waals surface area contributed by atoms with E-state index in [0.29, 0.717) is 10.6 Å². The van der Waals surface area contributed by atoms with Gasteiger partial charge in [0, 0.05) is 23.8 Å². The van der Waals surface area contributed by atoms with Crippen LogP contribution < -0.4 is 10.4 Å². The van der Waals surface area contributed by atoms with Crippen LogP contribution in [0.15, 0.2) is 36.4 Å². The van der Waals surface area contributed by atoms with Crippen molar-refractivity contribution in [2.75, 3.05) is 11.9 Å². The molecule has 3 rings (SSSR count). The highest BCUT2D eigenvalue weighted by atomic mass is 35.5. The minimum Gasteiger partial charge on any atom is -0.399 e. The molecule has 0 radical (unpaired) electrons. The van der Waals surface area contributed by atoms with Crippen LogP contribution in [0.25, 0.3) is 0 Å². The van der Waals surface area contributed by atoms with Gasteiger partial charge in [-0.3, -0.25) is 0 Å². The highest BCUT2D eigenvalue weighted by Crippen LogP contribution is 2.38. The van der Waals surface area contributed by atoms with Crippen molar-refractivity contribution >= 4 is 41.8 Å². The number of hydrogen-bond donors (Lipinski definition) is 0. The van der Waals surface area contributed by atoms with Crippen LogP contribution >= 0.6 is 11.6 Å². The Kier molecular flexibility index (Phi) is 6.01. The second-order valence-electron chi connectivity index (χ2n) is 9.54. The molecule has 2 aromatic rings. The number of nitriles is 1. The van der Waals surface area contributed by atoms with E-state index < -0.39 is 23.7 Å². The molecule has 0 saturated carbocycles. The Morgan fingerprint density at radius 2 is 1.71 bits per heavy atom. The summed E-state index contributed by atoms with van der Waals surface area (Å²) in [5.74, 6) is 0. The van der Waals surface area contributed by atoms with Crippen molar-refractivity contribution in [3.05, 3.63) is 52.5 Å². The first-order chi connectivity index (χ1) is 14.3. The van der Waals surface area contributed by atoms with E-state index in [-0.39, 0.29) is 0 Å². The van der Waals surface area contributed by atoms with E-state index >= 15 is 0 Å². The predicted molar refractivity (Wildman–Crippen MR) is 125 cm³/mol. The molecule has 5 nitrogen and oxygen atoms in total. The van der Waals surface area contributed by atoms with Crippen molar-refractivity contribution in [1.82, 2.24) is 0 Å². The van der Waals surface area contributed by atoms with Gasteiger partial charge in [-0.05, 0) is 76.8 Å². The first-order valence-corrected chi connectivity index (χ1v) is 10.6. The molecule has 1 aliphatic heterocycles. The predicted octanol–water partition coefficient (Wildman–Crippen LogP) is 4.76. The van der Waals surface area contributed by atoms with Crippen LogP contribution in [0, 0.1) is 11.3 Å². The zero-order valence-electron chi connectivity index (χ0n) is 19.1. The molecule has 1 aliphatic rings. The standard InChI is InChI=1S/C24H28BClN2O3/c1-22(2,15-29)19-12-17(25-30-23(3,4)24(5,6)31-25)9-11-21(19)28(7)18-10-8-16(14-27)20(26)13-18/h8-13,15H,1-7H3. The molecule has 0 aliphatic carbocycles. The third-order valence-corrected chi connectivity index (χ3v) is 6.67. The fourth-order valence-electron chi connectivity index (χ4n) is 3.49. The molecule has 0 N–H and O–H groups in total. The van der Waals surface area contributed by atoms with E-state index in [1.165, 1.54) is 0 Å². The Bertz CT molecular complexity index is 1040. The quantitative estimate of drug-likeness (QED) is 0.498. The molecule has 0 unspecified atom stereocenters. The van der Waals surface area contributed by atoms with Gasteiger partial charge in [0.1, 0.15) is 12.4 Å². The number of hydrogen-bond acceptors (Lipinski definition) is 5. The maximum Gasteiger partial charge on any atom is 0.494 e. The van der Waals surface area contributed by atoms with Gasteiger partial charge in [0.05, 0.1) is 21.8 Å². The van der Waals surface area contributed by atoms with Gasteiger partial charge < -0.3 is 19.0 Å². The molecule has 1 fully saturated rings. The lowest BCUT2D eigenvalue weighted by Crippen LogP contribution is -2.41. The normalized spacial score (nSPS) is 17.3. The molecule has 2 aromatic carbocycles. The van der Waals surface area contributed by atoms with Gasteiger partial charge in [-0.1, -0.05) is 23.7 Å². The SMILES string of the molecule is CN(c1ccc(C#N)c(Cl)c1)c1ccc(B2OC(C)(C)C(C)(C)O2)cc1C(C)(C)C=O. The van der Waals surface area contributed by atoms with Crippen LogP contribution in [-0.4, -0.2) is 31.7 Å². The number of anilines is 2. The average Bonchev–Trinajstić information content (AvgIpc) is 2.94. The Labute approximate surface area is 190 Å². The number of benzene rings is 2. The van der Waals surface area contributed by atoms with Gasteiger partial charge in [0.15, 0.2) is 0 Å². The van der Waals surface area contributed by atoms with E-state index in [1.54, 1.807) is 12.1 Å². The van der Waals surface area contributed by atoms with Crippen molar-refractivity contribution in [3.8, 4) is 6.07 Å². The Morgan fingerprint density at radius 1 is 1.10 bits per heavy atom. The maximum atomic E-state index is 12.0. The van der Waals surface area contributed by atoms with Crippen LogP contribution in [0.2, 0.25) is 5.02 Å². The first kappa shape index (κ1) is 23.3. The molecule has 162 valence electrons. The lowest BCUT2D eigenvalue weighted by molar-refractivity contribution is -0.111. The smallest absolute Gasteiger partial charge is 0.399 e. The molecule has 31 heavy (non-hydrogen) atoms. The Hall–Kier alpha value is -2.33. The number of carbonyl (C=O) groups is 1. The van der Waals surface area contributed by atoms with Gasteiger partial charge in [-0.15, -0.1) is 0 Å². The number of nitrogens with zero attached hydrogens (tertiary/aromatic N) is 2. The van der Waals surface area contributed by atoms with Crippen molar-refractivity contribution < 1.29 is 14.1 Å². The first-order valence-electron chi connectivity index (χ1n) is 10.2. The fourth-order valence-corrected chi connectivity index (χ4v) is 3.71. The highest BCUT2D eigenvalue weighted by Gasteiger charge is 2.51. The van der Waals surface area contributed by atoms with Crippen LogP contribution in [0.3, 0.4) is 0 Å². The Balaban J connectivity index is 2.07. The van der Waals surface area contributed by atoms with Crippen LogP contribution in [0.5, 0.6) is 0 Å². The van der Waals surface area contributed by atoms with Crippen LogP contribution in [0.1, 0.15) is 52.7 Å². The molecule has 7 heteroatoms.